The van der Waals surface area contributed by atoms with Gasteiger partial charge in [-0.2, -0.15) is 4.80 Å². The Labute approximate surface area is 207 Å². The molecule has 0 saturated heterocycles. The number of esters is 1. The first-order chi connectivity index (χ1) is 16.4. The summed E-state index contributed by atoms with van der Waals surface area (Å²) in [5, 5.41) is 14.7. The van der Waals surface area contributed by atoms with Gasteiger partial charge in [0.15, 0.2) is 0 Å². The number of hydrogen-bond donors (Lipinski definition) is 0. The van der Waals surface area contributed by atoms with Gasteiger partial charge in [-0.15, -0.1) is 10.2 Å². The average Bonchev–Trinajstić information content (AvgIpc) is 3.51. The van der Waals surface area contributed by atoms with Crippen LogP contribution in [0.4, 0.5) is 0 Å². The van der Waals surface area contributed by atoms with Gasteiger partial charge in [0.05, 0.1) is 26.1 Å². The molecular weight excluding hydrogens is 470 g/mol. The second-order valence-corrected chi connectivity index (χ2v) is 10.4. The van der Waals surface area contributed by atoms with Gasteiger partial charge in [0.1, 0.15) is 0 Å². The molecule has 34 heavy (non-hydrogen) atoms. The van der Waals surface area contributed by atoms with Crippen LogP contribution in [0.2, 0.25) is 5.02 Å². The number of carbonyl (C=O) groups is 1. The molecule has 0 radical (unpaired) electrons. The minimum absolute atomic E-state index is 0.104. The van der Waals surface area contributed by atoms with Crippen LogP contribution >= 0.6 is 23.4 Å². The number of carbonyl (C=O) groups excluding carboxylic acids is 1. The molecule has 176 valence electrons. The molecule has 0 bridgehead atoms. The Balaban J connectivity index is 1.75. The van der Waals surface area contributed by atoms with Crippen LogP contribution < -0.4 is 0 Å². The Morgan fingerprint density at radius 3 is 2.68 bits per heavy atom. The lowest BCUT2D eigenvalue weighted by Crippen LogP contribution is -2.07. The molecule has 9 heteroatoms. The van der Waals surface area contributed by atoms with Crippen molar-refractivity contribution >= 4 is 40.2 Å². The number of benzene rings is 2. The number of fused-ring (bicyclic) bond motifs is 3. The first-order valence-corrected chi connectivity index (χ1v) is 12.5. The third kappa shape index (κ3) is 4.09. The van der Waals surface area contributed by atoms with Gasteiger partial charge in [0, 0.05) is 43.9 Å². The van der Waals surface area contributed by atoms with Gasteiger partial charge >= 0.3 is 5.97 Å². The monoisotopic (exact) mass is 495 g/mol. The summed E-state index contributed by atoms with van der Waals surface area (Å²) < 4.78 is 7.39. The lowest BCUT2D eigenvalue weighted by atomic mass is 9.94. The summed E-state index contributed by atoms with van der Waals surface area (Å²) in [4.78, 5) is 16.0. The molecule has 0 aliphatic carbocycles. The van der Waals surface area contributed by atoms with Gasteiger partial charge in [-0.25, -0.2) is 0 Å². The van der Waals surface area contributed by atoms with Gasteiger partial charge in [-0.3, -0.25) is 4.79 Å². The van der Waals surface area contributed by atoms with Gasteiger partial charge in [-0.1, -0.05) is 37.2 Å². The van der Waals surface area contributed by atoms with Crippen LogP contribution in [0.3, 0.4) is 0 Å². The van der Waals surface area contributed by atoms with E-state index in [0.717, 1.165) is 28.9 Å². The van der Waals surface area contributed by atoms with E-state index in [9.17, 15) is 4.79 Å². The highest BCUT2D eigenvalue weighted by molar-refractivity contribution is 7.99. The lowest BCUT2D eigenvalue weighted by molar-refractivity contribution is -0.141. The van der Waals surface area contributed by atoms with Crippen molar-refractivity contribution in [2.75, 3.05) is 7.11 Å². The number of hydrogen-bond acceptors (Lipinski definition) is 6. The molecular formula is C25H26ClN5O2S. The summed E-state index contributed by atoms with van der Waals surface area (Å²) in [6.07, 6.45) is 1.27. The maximum absolute atomic E-state index is 12.2. The number of nitrogens with zero attached hydrogens (tertiary/aromatic N) is 5. The highest BCUT2D eigenvalue weighted by Gasteiger charge is 2.33. The van der Waals surface area contributed by atoms with Crippen molar-refractivity contribution < 1.29 is 9.53 Å². The number of rotatable bonds is 6. The molecule has 0 amide bonds. The molecule has 0 spiro atoms. The molecule has 7 nitrogen and oxygen atoms in total. The fraction of sp³-hybridized carbons (Fsp3) is 0.360. The quantitative estimate of drug-likeness (QED) is 0.314. The molecule has 1 atom stereocenters. The summed E-state index contributed by atoms with van der Waals surface area (Å²) in [7, 11) is 3.22. The smallest absolute Gasteiger partial charge is 0.306 e. The summed E-state index contributed by atoms with van der Waals surface area (Å²) >= 11 is 7.87. The molecule has 0 N–H and O–H groups in total. The molecule has 1 aliphatic heterocycles. The minimum Gasteiger partial charge on any atom is -0.469 e. The van der Waals surface area contributed by atoms with Crippen molar-refractivity contribution in [2.45, 2.75) is 54.9 Å². The van der Waals surface area contributed by atoms with E-state index in [2.05, 4.69) is 46.0 Å². The zero-order chi connectivity index (χ0) is 24.0. The van der Waals surface area contributed by atoms with E-state index in [4.69, 9.17) is 16.3 Å². The van der Waals surface area contributed by atoms with E-state index >= 15 is 0 Å². The number of aryl methyl sites for hydroxylation is 2. The second kappa shape index (κ2) is 9.07. The van der Waals surface area contributed by atoms with Gasteiger partial charge in [0.25, 0.3) is 0 Å². The van der Waals surface area contributed by atoms with E-state index in [0.29, 0.717) is 17.3 Å². The maximum Gasteiger partial charge on any atom is 0.306 e. The van der Waals surface area contributed by atoms with E-state index in [1.165, 1.54) is 33.4 Å². The van der Waals surface area contributed by atoms with E-state index in [-0.39, 0.29) is 17.8 Å². The Kier molecular flexibility index (Phi) is 6.12. The molecule has 5 rings (SSSR count). The number of tetrazole rings is 1. The maximum atomic E-state index is 12.2. The molecule has 2 aromatic carbocycles. The van der Waals surface area contributed by atoms with Gasteiger partial charge < -0.3 is 9.30 Å². The Hall–Kier alpha value is -2.84. The van der Waals surface area contributed by atoms with Crippen LogP contribution in [-0.4, -0.2) is 37.9 Å². The van der Waals surface area contributed by atoms with Crippen LogP contribution in [0.15, 0.2) is 46.2 Å². The Bertz CT molecular complexity index is 1380. The van der Waals surface area contributed by atoms with Crippen LogP contribution in [-0.2, 0) is 23.1 Å². The first kappa shape index (κ1) is 22.9. The Morgan fingerprint density at radius 1 is 1.26 bits per heavy atom. The highest BCUT2D eigenvalue weighted by Crippen LogP contribution is 2.49. The van der Waals surface area contributed by atoms with Crippen molar-refractivity contribution in [1.82, 2.24) is 24.8 Å². The third-order valence-corrected chi connectivity index (χ3v) is 7.72. The zero-order valence-corrected chi connectivity index (χ0v) is 21.2. The second-order valence-electron chi connectivity index (χ2n) is 8.90. The molecule has 2 aromatic heterocycles. The largest absolute Gasteiger partial charge is 0.469 e. The van der Waals surface area contributed by atoms with Gasteiger partial charge in [0.2, 0.25) is 5.82 Å². The molecule has 3 heterocycles. The van der Waals surface area contributed by atoms with Crippen LogP contribution in [0.25, 0.3) is 22.3 Å². The van der Waals surface area contributed by atoms with Gasteiger partial charge in [-0.05, 0) is 59.5 Å². The summed E-state index contributed by atoms with van der Waals surface area (Å²) in [6.45, 7) is 5.26. The highest BCUT2D eigenvalue weighted by atomic mass is 35.5. The molecule has 1 aliphatic rings. The molecule has 4 aromatic rings. The van der Waals surface area contributed by atoms with Crippen LogP contribution in [0.1, 0.15) is 49.8 Å². The first-order valence-electron chi connectivity index (χ1n) is 11.3. The molecule has 0 fully saturated rings. The van der Waals surface area contributed by atoms with Crippen molar-refractivity contribution in [3.63, 3.8) is 0 Å². The zero-order valence-electron chi connectivity index (χ0n) is 19.6. The summed E-state index contributed by atoms with van der Waals surface area (Å²) in [5.74, 6) is 0.816. The van der Waals surface area contributed by atoms with E-state index < -0.39 is 0 Å². The molecule has 0 saturated carbocycles. The number of methoxy groups -OCH3 is 1. The van der Waals surface area contributed by atoms with Crippen LogP contribution in [0.5, 0.6) is 0 Å². The van der Waals surface area contributed by atoms with E-state index in [1.807, 2.05) is 24.3 Å². The van der Waals surface area contributed by atoms with Crippen molar-refractivity contribution in [3.05, 3.63) is 52.7 Å². The average molecular weight is 496 g/mol. The number of halogens is 1. The predicted octanol–water partition coefficient (Wildman–Crippen LogP) is 5.81. The number of ether oxygens (including phenoxy) is 1. The van der Waals surface area contributed by atoms with Crippen molar-refractivity contribution in [1.29, 1.82) is 0 Å². The normalized spacial score (nSPS) is 15.3. The number of aromatic nitrogens is 5. The SMILES string of the molecule is COC(=O)CC1CCn2c1c(Sc1ccc(Cl)cc1)c1c(C(C)C)cc(-c3nnn(C)n3)cc12. The molecule has 1 unspecified atom stereocenters. The Morgan fingerprint density at radius 2 is 2.03 bits per heavy atom. The fourth-order valence-electron chi connectivity index (χ4n) is 4.75. The third-order valence-electron chi connectivity index (χ3n) is 6.34. The predicted molar refractivity (Wildman–Crippen MR) is 133 cm³/mol. The van der Waals surface area contributed by atoms with E-state index in [1.54, 1.807) is 18.8 Å². The van der Waals surface area contributed by atoms with Crippen molar-refractivity contribution in [3.8, 4) is 11.4 Å². The topological polar surface area (TPSA) is 74.8 Å². The summed E-state index contributed by atoms with van der Waals surface area (Å²) in [5.41, 5.74) is 4.53. The van der Waals surface area contributed by atoms with Crippen molar-refractivity contribution in [2.24, 2.45) is 7.05 Å². The van der Waals surface area contributed by atoms with Crippen LogP contribution in [0, 0.1) is 0 Å². The fourth-order valence-corrected chi connectivity index (χ4v) is 6.09. The lowest BCUT2D eigenvalue weighted by Gasteiger charge is -2.14. The summed E-state index contributed by atoms with van der Waals surface area (Å²) in [6, 6.07) is 12.3. The minimum atomic E-state index is -0.181. The standard InChI is InChI=1S/C25H26ClN5O2S/c1-14(2)19-11-16(25-27-29-30(3)28-25)12-20-22(19)24(34-18-7-5-17(26)6-8-18)23-15(9-10-31(20)23)13-21(32)33-4/h5-8,11-12,14-15H,9-10,13H2,1-4H3.